The van der Waals surface area contributed by atoms with Crippen molar-refractivity contribution < 1.29 is 0 Å². The Labute approximate surface area is 93.5 Å². The lowest BCUT2D eigenvalue weighted by atomic mass is 10.2. The molecule has 0 fully saturated rings. The fourth-order valence-corrected chi connectivity index (χ4v) is 1.71. The summed E-state index contributed by atoms with van der Waals surface area (Å²) in [5.41, 5.74) is 8.50. The second-order valence-corrected chi connectivity index (χ2v) is 3.82. The fourth-order valence-electron chi connectivity index (χ4n) is 1.48. The van der Waals surface area contributed by atoms with E-state index >= 15 is 0 Å². The zero-order chi connectivity index (χ0) is 10.8. The van der Waals surface area contributed by atoms with E-state index in [0.29, 0.717) is 6.54 Å². The molecule has 2 aromatic rings. The molecule has 0 atom stereocenters. The Morgan fingerprint density at radius 1 is 1.40 bits per heavy atom. The van der Waals surface area contributed by atoms with Crippen molar-refractivity contribution >= 4 is 11.6 Å². The zero-order valence-corrected chi connectivity index (χ0v) is 9.20. The second kappa shape index (κ2) is 4.04. The molecule has 0 radical (unpaired) electrons. The maximum absolute atomic E-state index is 5.89. The Balaban J connectivity index is 2.44. The van der Waals surface area contributed by atoms with E-state index in [1.807, 2.05) is 42.1 Å². The largest absolute Gasteiger partial charge is 0.325 e. The minimum absolute atomic E-state index is 0.458. The lowest BCUT2D eigenvalue weighted by Crippen LogP contribution is -2.01. The third-order valence-corrected chi connectivity index (χ3v) is 2.49. The summed E-state index contributed by atoms with van der Waals surface area (Å²) < 4.78 is 1.81. The van der Waals surface area contributed by atoms with Gasteiger partial charge in [0, 0.05) is 17.8 Å². The van der Waals surface area contributed by atoms with E-state index in [-0.39, 0.29) is 0 Å². The van der Waals surface area contributed by atoms with Crippen molar-refractivity contribution in [3.8, 4) is 5.69 Å². The van der Waals surface area contributed by atoms with Gasteiger partial charge in [0.15, 0.2) is 0 Å². The molecule has 0 aliphatic heterocycles. The van der Waals surface area contributed by atoms with Crippen LogP contribution in [0.2, 0.25) is 5.02 Å². The van der Waals surface area contributed by atoms with E-state index in [1.54, 1.807) is 0 Å². The number of halogens is 1. The summed E-state index contributed by atoms with van der Waals surface area (Å²) in [6.07, 6.45) is 1.90. The molecule has 0 aliphatic carbocycles. The molecule has 15 heavy (non-hydrogen) atoms. The van der Waals surface area contributed by atoms with Gasteiger partial charge >= 0.3 is 0 Å². The second-order valence-electron chi connectivity index (χ2n) is 3.39. The summed E-state index contributed by atoms with van der Waals surface area (Å²) >= 11 is 5.89. The lowest BCUT2D eigenvalue weighted by Gasteiger charge is -2.05. The van der Waals surface area contributed by atoms with Gasteiger partial charge in [-0.1, -0.05) is 11.6 Å². The van der Waals surface area contributed by atoms with Gasteiger partial charge < -0.3 is 5.73 Å². The Morgan fingerprint density at radius 2 is 2.20 bits per heavy atom. The van der Waals surface area contributed by atoms with Crippen molar-refractivity contribution in [3.63, 3.8) is 0 Å². The van der Waals surface area contributed by atoms with Crippen LogP contribution in [0.1, 0.15) is 11.3 Å². The van der Waals surface area contributed by atoms with Gasteiger partial charge in [-0.15, -0.1) is 0 Å². The molecule has 0 unspecified atom stereocenters. The molecule has 0 bridgehead atoms. The van der Waals surface area contributed by atoms with Crippen LogP contribution in [-0.4, -0.2) is 9.78 Å². The van der Waals surface area contributed by atoms with Crippen LogP contribution in [0.5, 0.6) is 0 Å². The maximum Gasteiger partial charge on any atom is 0.0764 e. The topological polar surface area (TPSA) is 43.8 Å². The molecule has 1 aromatic heterocycles. The van der Waals surface area contributed by atoms with Crippen LogP contribution in [0.15, 0.2) is 30.5 Å². The predicted octanol–water partition coefficient (Wildman–Crippen LogP) is 2.29. The first-order valence-corrected chi connectivity index (χ1v) is 5.09. The Morgan fingerprint density at radius 3 is 2.80 bits per heavy atom. The van der Waals surface area contributed by atoms with Gasteiger partial charge in [0.25, 0.3) is 0 Å². The number of rotatable bonds is 2. The van der Waals surface area contributed by atoms with E-state index in [0.717, 1.165) is 22.0 Å². The van der Waals surface area contributed by atoms with Gasteiger partial charge in [0.2, 0.25) is 0 Å². The summed E-state index contributed by atoms with van der Waals surface area (Å²) in [6.45, 7) is 2.46. The molecule has 0 saturated heterocycles. The molecule has 3 nitrogen and oxygen atoms in total. The Bertz CT molecular complexity index is 476. The van der Waals surface area contributed by atoms with Crippen molar-refractivity contribution in [2.75, 3.05) is 0 Å². The van der Waals surface area contributed by atoms with Crippen molar-refractivity contribution in [3.05, 3.63) is 46.7 Å². The third kappa shape index (κ3) is 2.03. The van der Waals surface area contributed by atoms with Crippen molar-refractivity contribution in [1.29, 1.82) is 0 Å². The number of nitrogens with two attached hydrogens (primary N) is 1. The summed E-state index contributed by atoms with van der Waals surface area (Å²) in [5.74, 6) is 0. The predicted molar refractivity (Wildman–Crippen MR) is 61.2 cm³/mol. The molecule has 0 aliphatic rings. The minimum Gasteiger partial charge on any atom is -0.325 e. The number of aryl methyl sites for hydroxylation is 1. The molecular formula is C11H12ClN3. The molecule has 0 amide bonds. The van der Waals surface area contributed by atoms with Crippen LogP contribution in [0.3, 0.4) is 0 Å². The maximum atomic E-state index is 5.89. The number of nitrogens with zero attached hydrogens (tertiary/aromatic N) is 2. The SMILES string of the molecule is Cc1cc(Cl)ccc1-n1ccc(CN)n1. The molecular weight excluding hydrogens is 210 g/mol. The molecule has 4 heteroatoms. The van der Waals surface area contributed by atoms with Gasteiger partial charge in [-0.25, -0.2) is 4.68 Å². The number of hydrogen-bond donors (Lipinski definition) is 1. The summed E-state index contributed by atoms with van der Waals surface area (Å²) in [4.78, 5) is 0. The van der Waals surface area contributed by atoms with Gasteiger partial charge in [0.05, 0.1) is 11.4 Å². The first kappa shape index (κ1) is 10.2. The Kier molecular flexibility index (Phi) is 2.75. The highest BCUT2D eigenvalue weighted by Crippen LogP contribution is 2.18. The normalized spacial score (nSPS) is 10.6. The fraction of sp³-hybridized carbons (Fsp3) is 0.182. The highest BCUT2D eigenvalue weighted by atomic mass is 35.5. The minimum atomic E-state index is 0.458. The van der Waals surface area contributed by atoms with Crippen LogP contribution in [0.4, 0.5) is 0 Å². The summed E-state index contributed by atoms with van der Waals surface area (Å²) in [7, 11) is 0. The monoisotopic (exact) mass is 221 g/mol. The van der Waals surface area contributed by atoms with E-state index in [1.165, 1.54) is 0 Å². The number of aromatic nitrogens is 2. The molecule has 0 saturated carbocycles. The van der Waals surface area contributed by atoms with Crippen molar-refractivity contribution in [2.24, 2.45) is 5.73 Å². The summed E-state index contributed by atoms with van der Waals surface area (Å²) in [5, 5.41) is 5.08. The lowest BCUT2D eigenvalue weighted by molar-refractivity contribution is 0.828. The van der Waals surface area contributed by atoms with Crippen molar-refractivity contribution in [2.45, 2.75) is 13.5 Å². The molecule has 2 rings (SSSR count). The molecule has 0 spiro atoms. The molecule has 78 valence electrons. The smallest absolute Gasteiger partial charge is 0.0764 e. The van der Waals surface area contributed by atoms with Crippen LogP contribution in [-0.2, 0) is 6.54 Å². The average Bonchev–Trinajstić information content (AvgIpc) is 2.66. The van der Waals surface area contributed by atoms with Crippen LogP contribution < -0.4 is 5.73 Å². The van der Waals surface area contributed by atoms with Gasteiger partial charge in [-0.2, -0.15) is 5.10 Å². The van der Waals surface area contributed by atoms with Crippen molar-refractivity contribution in [1.82, 2.24) is 9.78 Å². The van der Waals surface area contributed by atoms with E-state index in [2.05, 4.69) is 5.10 Å². The third-order valence-electron chi connectivity index (χ3n) is 2.26. The number of benzene rings is 1. The van der Waals surface area contributed by atoms with Crippen LogP contribution in [0.25, 0.3) is 5.69 Å². The molecule has 2 N–H and O–H groups in total. The van der Waals surface area contributed by atoms with Gasteiger partial charge in [-0.3, -0.25) is 0 Å². The zero-order valence-electron chi connectivity index (χ0n) is 8.44. The first-order chi connectivity index (χ1) is 7.20. The van der Waals surface area contributed by atoms with E-state index in [4.69, 9.17) is 17.3 Å². The highest BCUT2D eigenvalue weighted by Gasteiger charge is 2.03. The highest BCUT2D eigenvalue weighted by molar-refractivity contribution is 6.30. The standard InChI is InChI=1S/C11H12ClN3/c1-8-6-9(12)2-3-11(8)15-5-4-10(7-13)14-15/h2-6H,7,13H2,1H3. The average molecular weight is 222 g/mol. The van der Waals surface area contributed by atoms with Gasteiger partial charge in [0.1, 0.15) is 0 Å². The molecule has 1 heterocycles. The van der Waals surface area contributed by atoms with Crippen LogP contribution >= 0.6 is 11.6 Å². The molecule has 1 aromatic carbocycles. The van der Waals surface area contributed by atoms with Crippen LogP contribution in [0, 0.1) is 6.92 Å². The first-order valence-electron chi connectivity index (χ1n) is 4.72. The van der Waals surface area contributed by atoms with E-state index in [9.17, 15) is 0 Å². The Hall–Kier alpha value is -1.32. The summed E-state index contributed by atoms with van der Waals surface area (Å²) in [6, 6.07) is 7.63. The van der Waals surface area contributed by atoms with E-state index < -0.39 is 0 Å². The van der Waals surface area contributed by atoms with Gasteiger partial charge in [-0.05, 0) is 36.8 Å². The number of hydrogen-bond acceptors (Lipinski definition) is 2. The quantitative estimate of drug-likeness (QED) is 0.846.